The first-order chi connectivity index (χ1) is 9.72. The second kappa shape index (κ2) is 7.17. The molecular formula is C15H21N3O2. The van der Waals surface area contributed by atoms with Gasteiger partial charge in [0, 0.05) is 12.1 Å². The molecule has 0 fully saturated rings. The molecule has 2 rings (SSSR count). The third-order valence-corrected chi connectivity index (χ3v) is 3.08. The van der Waals surface area contributed by atoms with Gasteiger partial charge in [-0.25, -0.2) is 0 Å². The minimum atomic E-state index is 0.138. The Balaban J connectivity index is 2.06. The second-order valence-corrected chi connectivity index (χ2v) is 4.87. The molecule has 0 saturated heterocycles. The van der Waals surface area contributed by atoms with Crippen LogP contribution < -0.4 is 0 Å². The van der Waals surface area contributed by atoms with E-state index in [1.165, 1.54) is 5.56 Å². The fourth-order valence-corrected chi connectivity index (χ4v) is 2.05. The lowest BCUT2D eigenvalue weighted by atomic mass is 10.1. The molecular weight excluding hydrogens is 254 g/mol. The molecule has 0 aliphatic carbocycles. The maximum Gasteiger partial charge on any atom is 0.247 e. The third-order valence-electron chi connectivity index (χ3n) is 3.08. The average Bonchev–Trinajstić information content (AvgIpc) is 2.89. The number of aliphatic hydroxyl groups is 1. The topological polar surface area (TPSA) is 62.4 Å². The Hall–Kier alpha value is -1.72. The highest BCUT2D eigenvalue weighted by molar-refractivity contribution is 5.52. The van der Waals surface area contributed by atoms with Crippen LogP contribution in [0.5, 0.6) is 0 Å². The Morgan fingerprint density at radius 3 is 2.55 bits per heavy atom. The third kappa shape index (κ3) is 3.88. The first-order valence-electron chi connectivity index (χ1n) is 6.95. The minimum absolute atomic E-state index is 0.138. The molecule has 0 aliphatic rings. The van der Waals surface area contributed by atoms with Gasteiger partial charge in [-0.05, 0) is 32.0 Å². The maximum absolute atomic E-state index is 9.04. The number of hydrogen-bond acceptors (Lipinski definition) is 5. The van der Waals surface area contributed by atoms with Gasteiger partial charge in [0.1, 0.15) is 0 Å². The van der Waals surface area contributed by atoms with Crippen LogP contribution >= 0.6 is 0 Å². The Kier molecular flexibility index (Phi) is 5.26. The molecule has 5 heteroatoms. The van der Waals surface area contributed by atoms with E-state index >= 15 is 0 Å². The van der Waals surface area contributed by atoms with E-state index in [2.05, 4.69) is 22.0 Å². The molecule has 0 aliphatic heterocycles. The summed E-state index contributed by atoms with van der Waals surface area (Å²) in [7, 11) is 0. The normalized spacial score (nSPS) is 11.2. The van der Waals surface area contributed by atoms with E-state index < -0.39 is 0 Å². The average molecular weight is 275 g/mol. The van der Waals surface area contributed by atoms with E-state index in [9.17, 15) is 0 Å². The number of aryl methyl sites for hydroxylation is 1. The molecule has 0 saturated carbocycles. The molecule has 0 spiro atoms. The molecule has 108 valence electrons. The van der Waals surface area contributed by atoms with Gasteiger partial charge < -0.3 is 9.52 Å². The van der Waals surface area contributed by atoms with Gasteiger partial charge in [0.25, 0.3) is 0 Å². The highest BCUT2D eigenvalue weighted by Gasteiger charge is 2.12. The smallest absolute Gasteiger partial charge is 0.247 e. The molecule has 0 bridgehead atoms. The molecule has 20 heavy (non-hydrogen) atoms. The van der Waals surface area contributed by atoms with Crippen molar-refractivity contribution in [3.63, 3.8) is 0 Å². The molecule has 0 radical (unpaired) electrons. The highest BCUT2D eigenvalue weighted by atomic mass is 16.4. The molecule has 2 aromatic rings. The van der Waals surface area contributed by atoms with E-state index in [0.717, 1.165) is 18.5 Å². The lowest BCUT2D eigenvalue weighted by molar-refractivity contribution is 0.179. The summed E-state index contributed by atoms with van der Waals surface area (Å²) in [5.41, 5.74) is 2.13. The van der Waals surface area contributed by atoms with Gasteiger partial charge in [-0.15, -0.1) is 10.2 Å². The largest absolute Gasteiger partial charge is 0.419 e. The van der Waals surface area contributed by atoms with Gasteiger partial charge in [0.15, 0.2) is 0 Å². The standard InChI is InChI=1S/C15H21N3O2/c1-3-8-18(9-10-19)11-14-16-17-15(20-14)13-6-4-12(2)5-7-13/h4-7,19H,3,8-11H2,1-2H3. The number of benzene rings is 1. The van der Waals surface area contributed by atoms with Gasteiger partial charge in [-0.2, -0.15) is 0 Å². The summed E-state index contributed by atoms with van der Waals surface area (Å²) in [6.45, 7) is 6.39. The first-order valence-corrected chi connectivity index (χ1v) is 6.95. The molecule has 1 N–H and O–H groups in total. The van der Waals surface area contributed by atoms with Crippen LogP contribution in [-0.2, 0) is 6.54 Å². The van der Waals surface area contributed by atoms with Crippen LogP contribution in [0.1, 0.15) is 24.8 Å². The fourth-order valence-electron chi connectivity index (χ4n) is 2.05. The van der Waals surface area contributed by atoms with Crippen molar-refractivity contribution in [1.29, 1.82) is 0 Å². The van der Waals surface area contributed by atoms with Crippen LogP contribution in [0, 0.1) is 6.92 Å². The lowest BCUT2D eigenvalue weighted by Crippen LogP contribution is -2.27. The van der Waals surface area contributed by atoms with Crippen LogP contribution in [0.2, 0.25) is 0 Å². The number of rotatable bonds is 7. The Morgan fingerprint density at radius 2 is 1.90 bits per heavy atom. The van der Waals surface area contributed by atoms with Crippen LogP contribution in [0.4, 0.5) is 0 Å². The quantitative estimate of drug-likeness (QED) is 0.839. The summed E-state index contributed by atoms with van der Waals surface area (Å²) in [4.78, 5) is 2.10. The van der Waals surface area contributed by atoms with Gasteiger partial charge in [-0.1, -0.05) is 24.6 Å². The Bertz CT molecular complexity index is 516. The zero-order valence-corrected chi connectivity index (χ0v) is 12.0. The molecule has 0 atom stereocenters. The van der Waals surface area contributed by atoms with E-state index in [1.54, 1.807) is 0 Å². The van der Waals surface area contributed by atoms with E-state index in [4.69, 9.17) is 9.52 Å². The summed E-state index contributed by atoms with van der Waals surface area (Å²) in [6, 6.07) is 8.00. The SMILES string of the molecule is CCCN(CCO)Cc1nnc(-c2ccc(C)cc2)o1. The summed E-state index contributed by atoms with van der Waals surface area (Å²) in [5, 5.41) is 17.2. The molecule has 0 unspecified atom stereocenters. The Labute approximate surface area is 119 Å². The number of hydrogen-bond donors (Lipinski definition) is 1. The van der Waals surface area contributed by atoms with Crippen LogP contribution in [0.3, 0.4) is 0 Å². The predicted octanol–water partition coefficient (Wildman–Crippen LogP) is 2.25. The summed E-state index contributed by atoms with van der Waals surface area (Å²) >= 11 is 0. The van der Waals surface area contributed by atoms with Crippen molar-refractivity contribution < 1.29 is 9.52 Å². The van der Waals surface area contributed by atoms with Crippen molar-refractivity contribution in [2.45, 2.75) is 26.8 Å². The van der Waals surface area contributed by atoms with Gasteiger partial charge in [0.2, 0.25) is 11.8 Å². The van der Waals surface area contributed by atoms with Crippen LogP contribution in [0.25, 0.3) is 11.5 Å². The number of aliphatic hydroxyl groups excluding tert-OH is 1. The van der Waals surface area contributed by atoms with Crippen LogP contribution in [-0.4, -0.2) is 39.9 Å². The Morgan fingerprint density at radius 1 is 1.15 bits per heavy atom. The molecule has 5 nitrogen and oxygen atoms in total. The second-order valence-electron chi connectivity index (χ2n) is 4.87. The molecule has 0 amide bonds. The first kappa shape index (κ1) is 14.7. The van der Waals surface area contributed by atoms with E-state index in [-0.39, 0.29) is 6.61 Å². The van der Waals surface area contributed by atoms with E-state index in [1.807, 2.05) is 31.2 Å². The minimum Gasteiger partial charge on any atom is -0.419 e. The van der Waals surface area contributed by atoms with Crippen LogP contribution in [0.15, 0.2) is 28.7 Å². The van der Waals surface area contributed by atoms with Crippen molar-refractivity contribution in [2.24, 2.45) is 0 Å². The van der Waals surface area contributed by atoms with Gasteiger partial charge in [0.05, 0.1) is 13.2 Å². The summed E-state index contributed by atoms with van der Waals surface area (Å²) < 4.78 is 5.69. The molecule has 1 heterocycles. The zero-order chi connectivity index (χ0) is 14.4. The number of nitrogens with zero attached hydrogens (tertiary/aromatic N) is 3. The zero-order valence-electron chi connectivity index (χ0n) is 12.0. The maximum atomic E-state index is 9.04. The monoisotopic (exact) mass is 275 g/mol. The van der Waals surface area contributed by atoms with Gasteiger partial charge >= 0.3 is 0 Å². The van der Waals surface area contributed by atoms with Crippen molar-refractivity contribution in [1.82, 2.24) is 15.1 Å². The highest BCUT2D eigenvalue weighted by Crippen LogP contribution is 2.18. The predicted molar refractivity (Wildman–Crippen MR) is 77.1 cm³/mol. The lowest BCUT2D eigenvalue weighted by Gasteiger charge is -2.17. The van der Waals surface area contributed by atoms with Crippen molar-refractivity contribution in [3.8, 4) is 11.5 Å². The van der Waals surface area contributed by atoms with Crippen molar-refractivity contribution in [2.75, 3.05) is 19.7 Å². The summed E-state index contributed by atoms with van der Waals surface area (Å²) in [6.07, 6.45) is 1.03. The fraction of sp³-hybridized carbons (Fsp3) is 0.467. The van der Waals surface area contributed by atoms with Gasteiger partial charge in [-0.3, -0.25) is 4.90 Å². The number of aromatic nitrogens is 2. The van der Waals surface area contributed by atoms with Crippen molar-refractivity contribution >= 4 is 0 Å². The van der Waals surface area contributed by atoms with E-state index in [0.29, 0.717) is 24.9 Å². The molecule has 1 aromatic carbocycles. The summed E-state index contributed by atoms with van der Waals surface area (Å²) in [5.74, 6) is 1.13. The van der Waals surface area contributed by atoms with Crippen molar-refractivity contribution in [3.05, 3.63) is 35.7 Å². The molecule has 1 aromatic heterocycles.